The van der Waals surface area contributed by atoms with Crippen LogP contribution in [0.3, 0.4) is 0 Å². The van der Waals surface area contributed by atoms with Crippen molar-refractivity contribution >= 4 is 62.1 Å². The molecule has 0 radical (unpaired) electrons. The molecule has 0 unspecified atom stereocenters. The van der Waals surface area contributed by atoms with Gasteiger partial charge in [0.15, 0.2) is 0 Å². The molecule has 0 aliphatic rings. The van der Waals surface area contributed by atoms with E-state index in [1.807, 2.05) is 18.2 Å². The molecule has 56 heavy (non-hydrogen) atoms. The van der Waals surface area contributed by atoms with Gasteiger partial charge in [-0.15, -0.1) is 0 Å². The van der Waals surface area contributed by atoms with Crippen LogP contribution < -0.4 is 10.2 Å². The topological polar surface area (TPSA) is 15.3 Å². The van der Waals surface area contributed by atoms with Gasteiger partial charge in [0.05, 0.1) is 11.4 Å². The zero-order valence-corrected chi connectivity index (χ0v) is 31.1. The van der Waals surface area contributed by atoms with Crippen molar-refractivity contribution in [2.24, 2.45) is 0 Å². The summed E-state index contributed by atoms with van der Waals surface area (Å²) in [5.41, 5.74) is 14.2. The molecule has 0 saturated carbocycles. The first-order valence-corrected chi connectivity index (χ1v) is 19.0. The molecule has 0 spiro atoms. The van der Waals surface area contributed by atoms with Crippen molar-refractivity contribution in [1.29, 1.82) is 0 Å². The molecule has 0 bridgehead atoms. The molecule has 0 fully saturated rings. The molecule has 0 heterocycles. The highest BCUT2D eigenvalue weighted by atomic mass is 15.1. The molecule has 0 atom stereocenters. The predicted molar refractivity (Wildman–Crippen MR) is 242 cm³/mol. The minimum Gasteiger partial charge on any atom is -0.355 e. The van der Waals surface area contributed by atoms with Crippen molar-refractivity contribution in [1.82, 2.24) is 0 Å². The maximum atomic E-state index is 4.22. The standard InChI is InChI=1S/C54H40N2/c1-3-38-18-11-13-26-47(38)51-35-32-39(4-2)54(55-44-23-9-6-10-24-44)53(51)41-30-33-45(34-31-41)56(46-25-17-22-42(36-46)40-19-7-5-8-20-40)52-37-43-21-12-14-27-48(43)49-28-15-16-29-50(49)52/h3-37,55H,1-2H2. The van der Waals surface area contributed by atoms with Crippen LogP contribution in [0.25, 0.3) is 67.1 Å². The zero-order valence-electron chi connectivity index (χ0n) is 31.1. The minimum atomic E-state index is 1.00. The average Bonchev–Trinajstić information content (AvgIpc) is 3.27. The maximum Gasteiger partial charge on any atom is 0.0546 e. The van der Waals surface area contributed by atoms with Crippen molar-refractivity contribution in [3.63, 3.8) is 0 Å². The molecule has 0 aliphatic carbocycles. The van der Waals surface area contributed by atoms with Crippen LogP contribution in [0, 0.1) is 0 Å². The molecule has 0 saturated heterocycles. The molecule has 1 N–H and O–H groups in total. The summed E-state index contributed by atoms with van der Waals surface area (Å²) in [7, 11) is 0. The van der Waals surface area contributed by atoms with Crippen LogP contribution in [0.15, 0.2) is 213 Å². The predicted octanol–water partition coefficient (Wildman–Crippen LogP) is 15.5. The Morgan fingerprint density at radius 1 is 0.411 bits per heavy atom. The second-order valence-electron chi connectivity index (χ2n) is 13.9. The van der Waals surface area contributed by atoms with Crippen molar-refractivity contribution in [2.75, 3.05) is 10.2 Å². The third kappa shape index (κ3) is 6.44. The summed E-state index contributed by atoms with van der Waals surface area (Å²) in [4.78, 5) is 2.40. The van der Waals surface area contributed by atoms with E-state index in [0.29, 0.717) is 0 Å². The number of benzene rings is 9. The lowest BCUT2D eigenvalue weighted by Crippen LogP contribution is -2.11. The molecule has 266 valence electrons. The highest BCUT2D eigenvalue weighted by molar-refractivity contribution is 6.14. The Bertz CT molecular complexity index is 2850. The van der Waals surface area contributed by atoms with Gasteiger partial charge >= 0.3 is 0 Å². The van der Waals surface area contributed by atoms with Crippen LogP contribution in [0.5, 0.6) is 0 Å². The third-order valence-electron chi connectivity index (χ3n) is 10.6. The van der Waals surface area contributed by atoms with E-state index in [4.69, 9.17) is 0 Å². The Morgan fingerprint density at radius 3 is 1.82 bits per heavy atom. The van der Waals surface area contributed by atoms with Crippen molar-refractivity contribution in [3.8, 4) is 33.4 Å². The van der Waals surface area contributed by atoms with Crippen LogP contribution in [0.4, 0.5) is 28.4 Å². The number of fused-ring (bicyclic) bond motifs is 3. The summed E-state index contributed by atoms with van der Waals surface area (Å²) >= 11 is 0. The van der Waals surface area contributed by atoms with Crippen LogP contribution in [0.1, 0.15) is 11.1 Å². The van der Waals surface area contributed by atoms with E-state index >= 15 is 0 Å². The van der Waals surface area contributed by atoms with E-state index < -0.39 is 0 Å². The lowest BCUT2D eigenvalue weighted by molar-refractivity contribution is 1.30. The maximum absolute atomic E-state index is 4.22. The summed E-state index contributed by atoms with van der Waals surface area (Å²) in [6.07, 6.45) is 3.86. The molecule has 0 aliphatic heterocycles. The fraction of sp³-hybridized carbons (Fsp3) is 0. The molecule has 9 aromatic rings. The Morgan fingerprint density at radius 2 is 1.05 bits per heavy atom. The van der Waals surface area contributed by atoms with Gasteiger partial charge in [0, 0.05) is 28.0 Å². The number of hydrogen-bond acceptors (Lipinski definition) is 2. The van der Waals surface area contributed by atoms with Crippen LogP contribution in [0.2, 0.25) is 0 Å². The third-order valence-corrected chi connectivity index (χ3v) is 10.6. The van der Waals surface area contributed by atoms with Gasteiger partial charge in [-0.05, 0) is 97.6 Å². The summed E-state index contributed by atoms with van der Waals surface area (Å²) in [5.74, 6) is 0. The molecule has 0 amide bonds. The van der Waals surface area contributed by atoms with Crippen molar-refractivity contribution in [2.45, 2.75) is 0 Å². The van der Waals surface area contributed by atoms with Gasteiger partial charge in [-0.25, -0.2) is 0 Å². The van der Waals surface area contributed by atoms with Gasteiger partial charge in [0.1, 0.15) is 0 Å². The van der Waals surface area contributed by atoms with Gasteiger partial charge in [0.2, 0.25) is 0 Å². The number of anilines is 5. The monoisotopic (exact) mass is 716 g/mol. The van der Waals surface area contributed by atoms with E-state index in [1.165, 1.54) is 32.7 Å². The molecule has 9 aromatic carbocycles. The molecular weight excluding hydrogens is 677 g/mol. The number of nitrogens with zero attached hydrogens (tertiary/aromatic N) is 1. The fourth-order valence-corrected chi connectivity index (χ4v) is 7.91. The van der Waals surface area contributed by atoms with Gasteiger partial charge in [-0.1, -0.05) is 183 Å². The fourth-order valence-electron chi connectivity index (χ4n) is 7.91. The highest BCUT2D eigenvalue weighted by Gasteiger charge is 2.21. The largest absolute Gasteiger partial charge is 0.355 e. The summed E-state index contributed by atoms with van der Waals surface area (Å²) in [6, 6.07) is 71.4. The number of nitrogens with one attached hydrogen (secondary N) is 1. The lowest BCUT2D eigenvalue weighted by atomic mass is 9.88. The SMILES string of the molecule is C=Cc1ccccc1-c1ccc(C=C)c(Nc2ccccc2)c1-c1ccc(N(c2cccc(-c3ccccc3)c2)c2cc3ccccc3c3ccccc23)cc1. The van der Waals surface area contributed by atoms with Crippen LogP contribution in [-0.4, -0.2) is 0 Å². The minimum absolute atomic E-state index is 1.00. The van der Waals surface area contributed by atoms with Crippen LogP contribution in [-0.2, 0) is 0 Å². The summed E-state index contributed by atoms with van der Waals surface area (Å²) in [5, 5.41) is 8.64. The van der Waals surface area contributed by atoms with Gasteiger partial charge in [-0.3, -0.25) is 0 Å². The first kappa shape index (κ1) is 34.4. The Balaban J connectivity index is 1.27. The van der Waals surface area contributed by atoms with E-state index in [2.05, 4.69) is 217 Å². The van der Waals surface area contributed by atoms with Gasteiger partial charge < -0.3 is 10.2 Å². The van der Waals surface area contributed by atoms with Crippen LogP contribution >= 0.6 is 0 Å². The van der Waals surface area contributed by atoms with Gasteiger partial charge in [0.25, 0.3) is 0 Å². The Kier molecular flexibility index (Phi) is 9.29. The summed E-state index contributed by atoms with van der Waals surface area (Å²) in [6.45, 7) is 8.38. The molecule has 2 heteroatoms. The second kappa shape index (κ2) is 15.1. The molecule has 0 aromatic heterocycles. The number of hydrogen-bond donors (Lipinski definition) is 1. The lowest BCUT2D eigenvalue weighted by Gasteiger charge is -2.28. The first-order chi connectivity index (χ1) is 27.7. The van der Waals surface area contributed by atoms with Gasteiger partial charge in [-0.2, -0.15) is 0 Å². The Labute approximate surface area is 329 Å². The highest BCUT2D eigenvalue weighted by Crippen LogP contribution is 2.46. The van der Waals surface area contributed by atoms with E-state index in [1.54, 1.807) is 0 Å². The van der Waals surface area contributed by atoms with Crippen molar-refractivity contribution in [3.05, 3.63) is 224 Å². The molecule has 2 nitrogen and oxygen atoms in total. The Hall–Kier alpha value is -7.42. The van der Waals surface area contributed by atoms with E-state index in [0.717, 1.165) is 61.8 Å². The first-order valence-electron chi connectivity index (χ1n) is 19.0. The average molecular weight is 717 g/mol. The normalized spacial score (nSPS) is 11.0. The number of rotatable bonds is 10. The van der Waals surface area contributed by atoms with Crippen molar-refractivity contribution < 1.29 is 0 Å². The second-order valence-corrected chi connectivity index (χ2v) is 13.9. The molecular formula is C54H40N2. The summed E-state index contributed by atoms with van der Waals surface area (Å²) < 4.78 is 0. The smallest absolute Gasteiger partial charge is 0.0546 e. The number of para-hydroxylation sites is 1. The van der Waals surface area contributed by atoms with E-state index in [-0.39, 0.29) is 0 Å². The molecule has 9 rings (SSSR count). The van der Waals surface area contributed by atoms with E-state index in [9.17, 15) is 0 Å². The zero-order chi connectivity index (χ0) is 37.8. The quantitative estimate of drug-likeness (QED) is 0.142.